The Labute approximate surface area is 290 Å². The highest BCUT2D eigenvalue weighted by molar-refractivity contribution is 5.94. The average Bonchev–Trinajstić information content (AvgIpc) is 3.14. The minimum absolute atomic E-state index is 0.0893. The predicted octanol–water partition coefficient (Wildman–Crippen LogP) is 5.21. The first-order valence-corrected chi connectivity index (χ1v) is 16.1. The third-order valence-corrected chi connectivity index (χ3v) is 7.23. The Balaban J connectivity index is 1.10. The average molecular weight is 677 g/mol. The maximum Gasteiger partial charge on any atom is 0.253 e. The molecule has 0 aliphatic heterocycles. The van der Waals surface area contributed by atoms with E-state index in [4.69, 9.17) is 9.47 Å². The number of phenolic OH excluding ortho intramolecular Hbond substituents is 1. The number of anilines is 5. The zero-order valence-electron chi connectivity index (χ0n) is 27.7. The lowest BCUT2D eigenvalue weighted by Gasteiger charge is -2.17. The lowest BCUT2D eigenvalue weighted by Crippen LogP contribution is -2.27. The zero-order chi connectivity index (χ0) is 35.0. The second-order valence-corrected chi connectivity index (χ2v) is 11.1. The van der Waals surface area contributed by atoms with Crippen molar-refractivity contribution in [2.75, 3.05) is 62.5 Å². The van der Waals surface area contributed by atoms with Gasteiger partial charge in [-0.05, 0) is 66.2 Å². The molecule has 0 saturated carbocycles. The van der Waals surface area contributed by atoms with Gasteiger partial charge in [0.25, 0.3) is 11.8 Å². The van der Waals surface area contributed by atoms with Gasteiger partial charge in [-0.3, -0.25) is 9.59 Å². The molecule has 13 heteroatoms. The smallest absolute Gasteiger partial charge is 0.253 e. The van der Waals surface area contributed by atoms with E-state index in [0.717, 1.165) is 5.56 Å². The van der Waals surface area contributed by atoms with E-state index in [2.05, 4.69) is 36.2 Å². The van der Waals surface area contributed by atoms with Crippen molar-refractivity contribution in [2.24, 2.45) is 0 Å². The number of phenols is 1. The molecule has 0 fully saturated rings. The maximum atomic E-state index is 13.0. The molecular weight excluding hydrogens is 636 g/mol. The molecule has 5 rings (SSSR count). The molecule has 50 heavy (non-hydrogen) atoms. The number of hydrogen-bond acceptors (Lipinski definition) is 11. The van der Waals surface area contributed by atoms with Gasteiger partial charge in [-0.2, -0.15) is 15.0 Å². The standard InChI is InChI=1S/C37H40N8O5/c1-45(26-27-8-4-2-5-9-27)34(48)29-12-14-30(15-13-29)40-36-42-35(43-37(44-36)41-31-16-18-32(46)19-17-31)39-21-23-50-25-24-49-22-20-38-33(47)28-10-6-3-7-11-28/h2-19,46H,20-26H2,1H3,(H,38,47)(H3,39,40,41,42,43,44). The number of nitrogens with zero attached hydrogens (tertiary/aromatic N) is 4. The van der Waals surface area contributed by atoms with Gasteiger partial charge in [0.1, 0.15) is 5.75 Å². The number of nitrogens with one attached hydrogen (secondary N) is 4. The Morgan fingerprint density at radius 3 is 1.80 bits per heavy atom. The Hall–Kier alpha value is -6.05. The molecule has 0 aliphatic carbocycles. The number of carbonyl (C=O) groups is 2. The molecular formula is C37H40N8O5. The Morgan fingerprint density at radius 2 is 1.18 bits per heavy atom. The summed E-state index contributed by atoms with van der Waals surface area (Å²) in [6.45, 7) is 2.84. The van der Waals surface area contributed by atoms with Crippen molar-refractivity contribution in [2.45, 2.75) is 6.54 Å². The van der Waals surface area contributed by atoms with Gasteiger partial charge in [-0.1, -0.05) is 48.5 Å². The highest BCUT2D eigenvalue weighted by Gasteiger charge is 2.13. The normalized spacial score (nSPS) is 10.7. The van der Waals surface area contributed by atoms with Crippen LogP contribution in [0.3, 0.4) is 0 Å². The minimum Gasteiger partial charge on any atom is -0.508 e. The highest BCUT2D eigenvalue weighted by atomic mass is 16.5. The number of ether oxygens (including phenoxy) is 2. The molecule has 4 aromatic carbocycles. The summed E-state index contributed by atoms with van der Waals surface area (Å²) in [7, 11) is 1.78. The fraction of sp³-hybridized carbons (Fsp3) is 0.216. The third kappa shape index (κ3) is 11.3. The van der Waals surface area contributed by atoms with Crippen molar-refractivity contribution >= 4 is 41.0 Å². The lowest BCUT2D eigenvalue weighted by molar-refractivity contribution is 0.0519. The fourth-order valence-electron chi connectivity index (χ4n) is 4.70. The first-order valence-electron chi connectivity index (χ1n) is 16.1. The van der Waals surface area contributed by atoms with Crippen LogP contribution in [-0.4, -0.2) is 83.3 Å². The van der Waals surface area contributed by atoms with Crippen LogP contribution in [0, 0.1) is 0 Å². The van der Waals surface area contributed by atoms with E-state index in [-0.39, 0.29) is 29.5 Å². The molecule has 0 aliphatic rings. The molecule has 5 aromatic rings. The molecule has 0 saturated heterocycles. The van der Waals surface area contributed by atoms with Crippen LogP contribution in [0.25, 0.3) is 0 Å². The van der Waals surface area contributed by atoms with Gasteiger partial charge in [0.15, 0.2) is 0 Å². The number of aromatic hydroxyl groups is 1. The lowest BCUT2D eigenvalue weighted by atomic mass is 10.1. The molecule has 0 unspecified atom stereocenters. The maximum absolute atomic E-state index is 13.0. The molecule has 0 bridgehead atoms. The van der Waals surface area contributed by atoms with E-state index in [1.165, 1.54) is 0 Å². The number of benzene rings is 4. The van der Waals surface area contributed by atoms with Crippen LogP contribution in [-0.2, 0) is 16.0 Å². The third-order valence-electron chi connectivity index (χ3n) is 7.23. The number of rotatable bonds is 18. The summed E-state index contributed by atoms with van der Waals surface area (Å²) in [5.41, 5.74) is 3.58. The van der Waals surface area contributed by atoms with Gasteiger partial charge in [0, 0.05) is 49.2 Å². The second-order valence-electron chi connectivity index (χ2n) is 11.1. The summed E-state index contributed by atoms with van der Waals surface area (Å²) in [4.78, 5) is 40.2. The van der Waals surface area contributed by atoms with Crippen LogP contribution in [0.15, 0.2) is 109 Å². The SMILES string of the molecule is CN(Cc1ccccc1)C(=O)c1ccc(Nc2nc(NCCOCCOCCNC(=O)c3ccccc3)nc(Nc3ccc(O)cc3)n2)cc1. The van der Waals surface area contributed by atoms with Crippen LogP contribution in [0.5, 0.6) is 5.75 Å². The Morgan fingerprint density at radius 1 is 0.640 bits per heavy atom. The van der Waals surface area contributed by atoms with Gasteiger partial charge in [0.2, 0.25) is 17.8 Å². The van der Waals surface area contributed by atoms with Crippen molar-refractivity contribution in [1.82, 2.24) is 25.2 Å². The van der Waals surface area contributed by atoms with Crippen LogP contribution in [0.4, 0.5) is 29.2 Å². The molecule has 1 aromatic heterocycles. The Kier molecular flexibility index (Phi) is 13.0. The van der Waals surface area contributed by atoms with Crippen molar-refractivity contribution < 1.29 is 24.2 Å². The van der Waals surface area contributed by atoms with E-state index in [1.54, 1.807) is 72.6 Å². The zero-order valence-corrected chi connectivity index (χ0v) is 27.7. The quantitative estimate of drug-likeness (QED) is 0.0612. The highest BCUT2D eigenvalue weighted by Crippen LogP contribution is 2.21. The van der Waals surface area contributed by atoms with Gasteiger partial charge in [-0.15, -0.1) is 0 Å². The van der Waals surface area contributed by atoms with Crippen LogP contribution in [0.1, 0.15) is 26.3 Å². The van der Waals surface area contributed by atoms with Crippen molar-refractivity contribution in [3.05, 3.63) is 126 Å². The summed E-state index contributed by atoms with van der Waals surface area (Å²) in [6.07, 6.45) is 0. The first kappa shape index (κ1) is 35.3. The van der Waals surface area contributed by atoms with Crippen molar-refractivity contribution in [1.29, 1.82) is 0 Å². The fourth-order valence-corrected chi connectivity index (χ4v) is 4.70. The number of carbonyl (C=O) groups excluding carboxylic acids is 2. The molecule has 0 atom stereocenters. The predicted molar refractivity (Wildman–Crippen MR) is 192 cm³/mol. The monoisotopic (exact) mass is 676 g/mol. The van der Waals surface area contributed by atoms with Crippen molar-refractivity contribution in [3.8, 4) is 5.75 Å². The topological polar surface area (TPSA) is 163 Å². The van der Waals surface area contributed by atoms with E-state index in [9.17, 15) is 14.7 Å². The van der Waals surface area contributed by atoms with Crippen molar-refractivity contribution in [3.63, 3.8) is 0 Å². The summed E-state index contributed by atoms with van der Waals surface area (Å²) < 4.78 is 11.2. The summed E-state index contributed by atoms with van der Waals surface area (Å²) in [5.74, 6) is 0.781. The Bertz CT molecular complexity index is 1790. The van der Waals surface area contributed by atoms with E-state index < -0.39 is 0 Å². The van der Waals surface area contributed by atoms with Crippen LogP contribution >= 0.6 is 0 Å². The van der Waals surface area contributed by atoms with Gasteiger partial charge < -0.3 is 40.7 Å². The van der Waals surface area contributed by atoms with Gasteiger partial charge >= 0.3 is 0 Å². The van der Waals surface area contributed by atoms with Gasteiger partial charge in [0.05, 0.1) is 26.4 Å². The molecule has 0 radical (unpaired) electrons. The molecule has 0 spiro atoms. The van der Waals surface area contributed by atoms with E-state index in [1.807, 2.05) is 48.5 Å². The summed E-state index contributed by atoms with van der Waals surface area (Å²) in [6, 6.07) is 32.5. The first-order chi connectivity index (χ1) is 24.4. The van der Waals surface area contributed by atoms with Crippen LogP contribution in [0.2, 0.25) is 0 Å². The number of amides is 2. The molecule has 5 N–H and O–H groups in total. The number of hydrogen-bond donors (Lipinski definition) is 5. The molecule has 13 nitrogen and oxygen atoms in total. The molecule has 2 amide bonds. The van der Waals surface area contributed by atoms with Gasteiger partial charge in [-0.25, -0.2) is 0 Å². The largest absolute Gasteiger partial charge is 0.508 e. The molecule has 1 heterocycles. The van der Waals surface area contributed by atoms with Crippen LogP contribution < -0.4 is 21.3 Å². The minimum atomic E-state index is -0.137. The van der Waals surface area contributed by atoms with E-state index >= 15 is 0 Å². The number of aromatic nitrogens is 3. The second kappa shape index (κ2) is 18.5. The molecule has 258 valence electrons. The van der Waals surface area contributed by atoms with E-state index in [0.29, 0.717) is 74.5 Å². The summed E-state index contributed by atoms with van der Waals surface area (Å²) >= 11 is 0. The summed E-state index contributed by atoms with van der Waals surface area (Å²) in [5, 5.41) is 21.9.